The number of unbranched alkanes of at least 4 members (excludes halogenated alkanes) is 1. The normalized spacial score (nSPS) is 12.1. The van der Waals surface area contributed by atoms with Crippen LogP contribution in [0.25, 0.3) is 10.8 Å². The molecule has 26 heavy (non-hydrogen) atoms. The van der Waals surface area contributed by atoms with Crippen LogP contribution in [0.1, 0.15) is 43.4 Å². The van der Waals surface area contributed by atoms with E-state index in [2.05, 4.69) is 12.2 Å². The van der Waals surface area contributed by atoms with Crippen molar-refractivity contribution < 1.29 is 9.90 Å². The van der Waals surface area contributed by atoms with Crippen LogP contribution in [0.3, 0.4) is 0 Å². The maximum absolute atomic E-state index is 12.5. The zero-order valence-corrected chi connectivity index (χ0v) is 15.5. The number of benzene rings is 3. The van der Waals surface area contributed by atoms with Crippen molar-refractivity contribution in [1.29, 1.82) is 0 Å². The Labute approximate surface area is 158 Å². The van der Waals surface area contributed by atoms with Crippen molar-refractivity contribution in [3.63, 3.8) is 0 Å². The van der Waals surface area contributed by atoms with E-state index in [4.69, 9.17) is 11.6 Å². The Bertz CT molecular complexity index is 906. The first-order chi connectivity index (χ1) is 12.6. The predicted molar refractivity (Wildman–Crippen MR) is 107 cm³/mol. The first-order valence-corrected chi connectivity index (χ1v) is 9.23. The Morgan fingerprint density at radius 3 is 2.54 bits per heavy atom. The number of amides is 1. The third-order valence-electron chi connectivity index (χ3n) is 4.50. The largest absolute Gasteiger partial charge is 0.508 e. The molecule has 0 aromatic heterocycles. The van der Waals surface area contributed by atoms with Crippen LogP contribution in [0.5, 0.6) is 5.75 Å². The number of phenols is 1. The summed E-state index contributed by atoms with van der Waals surface area (Å²) < 4.78 is 0. The minimum atomic E-state index is -0.442. The van der Waals surface area contributed by atoms with Gasteiger partial charge in [-0.1, -0.05) is 67.4 Å². The molecule has 134 valence electrons. The van der Waals surface area contributed by atoms with E-state index in [1.54, 1.807) is 18.2 Å². The highest BCUT2D eigenvalue weighted by Gasteiger charge is 2.22. The van der Waals surface area contributed by atoms with E-state index in [1.807, 2.05) is 42.5 Å². The van der Waals surface area contributed by atoms with Gasteiger partial charge in [-0.3, -0.25) is 4.79 Å². The quantitative estimate of drug-likeness (QED) is 0.596. The molecule has 1 atom stereocenters. The van der Waals surface area contributed by atoms with E-state index in [0.29, 0.717) is 17.0 Å². The summed E-state index contributed by atoms with van der Waals surface area (Å²) in [6.45, 7) is 2.06. The van der Waals surface area contributed by atoms with Gasteiger partial charge in [-0.15, -0.1) is 0 Å². The molecule has 0 aliphatic heterocycles. The molecule has 0 spiro atoms. The van der Waals surface area contributed by atoms with Gasteiger partial charge in [0.25, 0.3) is 0 Å². The van der Waals surface area contributed by atoms with E-state index in [9.17, 15) is 9.90 Å². The minimum absolute atomic E-state index is 0.0286. The van der Waals surface area contributed by atoms with Gasteiger partial charge in [-0.25, -0.2) is 0 Å². The van der Waals surface area contributed by atoms with Crippen molar-refractivity contribution >= 4 is 28.3 Å². The molecule has 3 nitrogen and oxygen atoms in total. The first kappa shape index (κ1) is 18.3. The molecule has 4 heteroatoms. The van der Waals surface area contributed by atoms with Gasteiger partial charge < -0.3 is 10.4 Å². The fraction of sp³-hybridized carbons (Fsp3) is 0.227. The number of halogens is 1. The highest BCUT2D eigenvalue weighted by atomic mass is 35.5. The average molecular weight is 368 g/mol. The molecule has 3 aromatic carbocycles. The zero-order chi connectivity index (χ0) is 18.5. The standard InChI is InChI=1S/C22H22ClNO2/c1-2-3-8-20(26)24-22(16-9-12-17(23)13-10-16)21-18-7-5-4-6-15(18)11-14-19(21)25/h4-7,9-14,22,25H,2-3,8H2,1H3,(H,24,26)/t22-/m1/s1. The molecule has 3 aromatic rings. The minimum Gasteiger partial charge on any atom is -0.508 e. The van der Waals surface area contributed by atoms with Gasteiger partial charge >= 0.3 is 0 Å². The van der Waals surface area contributed by atoms with Gasteiger partial charge in [0, 0.05) is 17.0 Å². The lowest BCUT2D eigenvalue weighted by Crippen LogP contribution is -2.29. The summed E-state index contributed by atoms with van der Waals surface area (Å²) in [5, 5.41) is 16.3. The number of hydrogen-bond donors (Lipinski definition) is 2. The Balaban J connectivity index is 2.10. The number of hydrogen-bond acceptors (Lipinski definition) is 2. The SMILES string of the molecule is CCCCC(=O)N[C@H](c1ccc(Cl)cc1)c1c(O)ccc2ccccc12. The summed E-state index contributed by atoms with van der Waals surface area (Å²) in [7, 11) is 0. The van der Waals surface area contributed by atoms with E-state index in [-0.39, 0.29) is 11.7 Å². The van der Waals surface area contributed by atoms with E-state index >= 15 is 0 Å². The summed E-state index contributed by atoms with van der Waals surface area (Å²) in [6.07, 6.45) is 2.26. The maximum Gasteiger partial charge on any atom is 0.220 e. The van der Waals surface area contributed by atoms with Gasteiger partial charge in [0.2, 0.25) is 5.91 Å². The summed E-state index contributed by atoms with van der Waals surface area (Å²) >= 11 is 6.03. The lowest BCUT2D eigenvalue weighted by Gasteiger charge is -2.23. The Morgan fingerprint density at radius 2 is 1.81 bits per heavy atom. The molecular formula is C22H22ClNO2. The van der Waals surface area contributed by atoms with Crippen molar-refractivity contribution in [2.24, 2.45) is 0 Å². The van der Waals surface area contributed by atoms with Crippen molar-refractivity contribution in [1.82, 2.24) is 5.32 Å². The fourth-order valence-electron chi connectivity index (χ4n) is 3.14. The smallest absolute Gasteiger partial charge is 0.220 e. The molecule has 1 amide bonds. The van der Waals surface area contributed by atoms with Crippen molar-refractivity contribution in [3.8, 4) is 5.75 Å². The van der Waals surface area contributed by atoms with Gasteiger partial charge in [0.1, 0.15) is 5.75 Å². The molecule has 0 heterocycles. The molecule has 0 radical (unpaired) electrons. The summed E-state index contributed by atoms with van der Waals surface area (Å²) in [5.74, 6) is 0.138. The Morgan fingerprint density at radius 1 is 1.08 bits per heavy atom. The second-order valence-corrected chi connectivity index (χ2v) is 6.81. The van der Waals surface area contributed by atoms with Crippen LogP contribution in [0.2, 0.25) is 5.02 Å². The number of nitrogens with one attached hydrogen (secondary N) is 1. The zero-order valence-electron chi connectivity index (χ0n) is 14.7. The van der Waals surface area contributed by atoms with Crippen molar-refractivity contribution in [2.45, 2.75) is 32.2 Å². The third-order valence-corrected chi connectivity index (χ3v) is 4.75. The predicted octanol–water partition coefficient (Wildman–Crippen LogP) is 5.59. The van der Waals surface area contributed by atoms with Crippen LogP contribution < -0.4 is 5.32 Å². The molecular weight excluding hydrogens is 346 g/mol. The summed E-state index contributed by atoms with van der Waals surface area (Å²) in [4.78, 5) is 12.5. The van der Waals surface area contributed by atoms with E-state index in [1.165, 1.54) is 0 Å². The first-order valence-electron chi connectivity index (χ1n) is 8.85. The highest BCUT2D eigenvalue weighted by molar-refractivity contribution is 6.30. The van der Waals surface area contributed by atoms with Gasteiger partial charge in [0.15, 0.2) is 0 Å². The van der Waals surface area contributed by atoms with Crippen molar-refractivity contribution in [2.75, 3.05) is 0 Å². The Kier molecular flexibility index (Phi) is 5.79. The van der Waals surface area contributed by atoms with Crippen LogP contribution in [-0.2, 0) is 4.79 Å². The number of carbonyl (C=O) groups is 1. The third kappa shape index (κ3) is 4.00. The second kappa shape index (κ2) is 8.24. The lowest BCUT2D eigenvalue weighted by atomic mass is 9.92. The number of carbonyl (C=O) groups excluding carboxylic acids is 1. The fourth-order valence-corrected chi connectivity index (χ4v) is 3.26. The molecule has 2 N–H and O–H groups in total. The van der Waals surface area contributed by atoms with E-state index < -0.39 is 6.04 Å². The molecule has 0 bridgehead atoms. The van der Waals surface area contributed by atoms with Crippen LogP contribution in [0.15, 0.2) is 60.7 Å². The molecule has 3 rings (SSSR count). The molecule has 0 saturated carbocycles. The molecule has 0 fully saturated rings. The van der Waals surface area contributed by atoms with Crippen LogP contribution in [0.4, 0.5) is 0 Å². The summed E-state index contributed by atoms with van der Waals surface area (Å²) in [6, 6.07) is 18.3. The average Bonchev–Trinajstić information content (AvgIpc) is 2.65. The topological polar surface area (TPSA) is 49.3 Å². The molecule has 0 saturated heterocycles. The number of phenolic OH excluding ortho intramolecular Hbond substituents is 1. The van der Waals surface area contributed by atoms with Gasteiger partial charge in [-0.2, -0.15) is 0 Å². The summed E-state index contributed by atoms with van der Waals surface area (Å²) in [5.41, 5.74) is 1.58. The monoisotopic (exact) mass is 367 g/mol. The second-order valence-electron chi connectivity index (χ2n) is 6.38. The van der Waals surface area contributed by atoms with Crippen LogP contribution in [0, 0.1) is 0 Å². The van der Waals surface area contributed by atoms with E-state index in [0.717, 1.165) is 29.2 Å². The number of fused-ring (bicyclic) bond motifs is 1. The molecule has 0 aliphatic carbocycles. The van der Waals surface area contributed by atoms with Crippen LogP contribution >= 0.6 is 11.6 Å². The van der Waals surface area contributed by atoms with Crippen LogP contribution in [-0.4, -0.2) is 11.0 Å². The van der Waals surface area contributed by atoms with Gasteiger partial charge in [-0.05, 0) is 41.0 Å². The maximum atomic E-state index is 12.5. The lowest BCUT2D eigenvalue weighted by molar-refractivity contribution is -0.121. The van der Waals surface area contributed by atoms with Crippen molar-refractivity contribution in [3.05, 3.63) is 76.8 Å². The van der Waals surface area contributed by atoms with Gasteiger partial charge in [0.05, 0.1) is 6.04 Å². The Hall–Kier alpha value is -2.52. The number of rotatable bonds is 6. The molecule has 0 aliphatic rings. The molecule has 0 unspecified atom stereocenters. The highest BCUT2D eigenvalue weighted by Crippen LogP contribution is 2.36. The number of aromatic hydroxyl groups is 1.